The standard InChI is InChI=1S/C20H17ClN2O2/c21-16-7-9-18(10-8-16)25-14-20(24)23-13-17-5-3-11-22(17)12-15-4-1-2-6-19(15)23/h1-11H,12-14H2. The van der Waals surface area contributed by atoms with E-state index in [1.165, 1.54) is 0 Å². The number of rotatable bonds is 3. The summed E-state index contributed by atoms with van der Waals surface area (Å²) in [6, 6.07) is 19.1. The maximum absolute atomic E-state index is 12.9. The van der Waals surface area contributed by atoms with Gasteiger partial charge in [-0.2, -0.15) is 0 Å². The highest BCUT2D eigenvalue weighted by Gasteiger charge is 2.23. The van der Waals surface area contributed by atoms with Crippen LogP contribution in [-0.4, -0.2) is 17.1 Å². The van der Waals surface area contributed by atoms with Gasteiger partial charge in [-0.05, 0) is 48.0 Å². The number of hydrogen-bond acceptors (Lipinski definition) is 2. The van der Waals surface area contributed by atoms with Crippen molar-refractivity contribution in [3.05, 3.63) is 83.1 Å². The summed E-state index contributed by atoms with van der Waals surface area (Å²) in [6.45, 7) is 1.28. The van der Waals surface area contributed by atoms with E-state index in [1.807, 2.05) is 36.5 Å². The summed E-state index contributed by atoms with van der Waals surface area (Å²) in [6.07, 6.45) is 2.05. The third-order valence-corrected chi connectivity index (χ3v) is 4.60. The quantitative estimate of drug-likeness (QED) is 0.710. The van der Waals surface area contributed by atoms with Crippen LogP contribution in [0, 0.1) is 0 Å². The van der Waals surface area contributed by atoms with Crippen LogP contribution in [0.3, 0.4) is 0 Å². The molecule has 4 nitrogen and oxygen atoms in total. The summed E-state index contributed by atoms with van der Waals surface area (Å²) in [4.78, 5) is 14.6. The van der Waals surface area contributed by atoms with Crippen molar-refractivity contribution in [2.75, 3.05) is 11.5 Å². The Hall–Kier alpha value is -2.72. The SMILES string of the molecule is O=C(COc1ccc(Cl)cc1)N1Cc2cccn2Cc2ccccc21. The molecule has 0 fully saturated rings. The fourth-order valence-corrected chi connectivity index (χ4v) is 3.19. The molecule has 0 unspecified atom stereocenters. The molecule has 0 bridgehead atoms. The average molecular weight is 353 g/mol. The summed E-state index contributed by atoms with van der Waals surface area (Å²) in [5, 5.41) is 0.640. The molecule has 1 amide bonds. The van der Waals surface area contributed by atoms with Crippen molar-refractivity contribution >= 4 is 23.2 Å². The molecule has 0 saturated heterocycles. The predicted octanol–water partition coefficient (Wildman–Crippen LogP) is 4.12. The fraction of sp³-hybridized carbons (Fsp3) is 0.150. The molecule has 4 rings (SSSR count). The van der Waals surface area contributed by atoms with Crippen LogP contribution in [0.5, 0.6) is 5.75 Å². The smallest absolute Gasteiger partial charge is 0.265 e. The molecule has 0 radical (unpaired) electrons. The van der Waals surface area contributed by atoms with Gasteiger partial charge in [-0.15, -0.1) is 0 Å². The van der Waals surface area contributed by atoms with Gasteiger partial charge in [0.2, 0.25) is 0 Å². The van der Waals surface area contributed by atoms with Crippen molar-refractivity contribution in [2.24, 2.45) is 0 Å². The zero-order chi connectivity index (χ0) is 17.2. The van der Waals surface area contributed by atoms with E-state index in [-0.39, 0.29) is 12.5 Å². The van der Waals surface area contributed by atoms with Crippen LogP contribution in [0.2, 0.25) is 5.02 Å². The van der Waals surface area contributed by atoms with Crippen molar-refractivity contribution in [1.29, 1.82) is 0 Å². The zero-order valence-electron chi connectivity index (χ0n) is 13.6. The van der Waals surface area contributed by atoms with Gasteiger partial charge in [0.1, 0.15) is 5.75 Å². The van der Waals surface area contributed by atoms with E-state index < -0.39 is 0 Å². The summed E-state index contributed by atoms with van der Waals surface area (Å²) >= 11 is 5.87. The monoisotopic (exact) mass is 352 g/mol. The molecule has 1 aliphatic heterocycles. The van der Waals surface area contributed by atoms with Crippen LogP contribution in [0.15, 0.2) is 66.9 Å². The normalized spacial score (nSPS) is 12.9. The number of halogens is 1. The number of anilines is 1. The molecule has 0 aliphatic carbocycles. The first-order valence-electron chi connectivity index (χ1n) is 8.11. The molecule has 0 spiro atoms. The summed E-state index contributed by atoms with van der Waals surface area (Å²) in [5.41, 5.74) is 3.17. The largest absolute Gasteiger partial charge is 0.484 e. The van der Waals surface area contributed by atoms with Gasteiger partial charge >= 0.3 is 0 Å². The second-order valence-corrected chi connectivity index (χ2v) is 6.42. The number of ether oxygens (including phenoxy) is 1. The molecule has 0 saturated carbocycles. The van der Waals surface area contributed by atoms with E-state index in [2.05, 4.69) is 10.6 Å². The Morgan fingerprint density at radius 3 is 2.64 bits per heavy atom. The number of fused-ring (bicyclic) bond motifs is 2. The molecule has 5 heteroatoms. The van der Waals surface area contributed by atoms with Gasteiger partial charge in [-0.1, -0.05) is 29.8 Å². The third-order valence-electron chi connectivity index (χ3n) is 4.34. The van der Waals surface area contributed by atoms with E-state index >= 15 is 0 Å². The first-order valence-corrected chi connectivity index (χ1v) is 8.49. The topological polar surface area (TPSA) is 34.5 Å². The van der Waals surface area contributed by atoms with Crippen LogP contribution < -0.4 is 9.64 Å². The third kappa shape index (κ3) is 3.26. The zero-order valence-corrected chi connectivity index (χ0v) is 14.3. The Morgan fingerprint density at radius 2 is 1.80 bits per heavy atom. The summed E-state index contributed by atoms with van der Waals surface area (Å²) in [7, 11) is 0. The average Bonchev–Trinajstić information content (AvgIpc) is 3.00. The minimum atomic E-state index is -0.0722. The highest BCUT2D eigenvalue weighted by atomic mass is 35.5. The van der Waals surface area contributed by atoms with Crippen LogP contribution in [0.4, 0.5) is 5.69 Å². The number of carbonyl (C=O) groups is 1. The minimum absolute atomic E-state index is 0.0172. The molecule has 2 aromatic carbocycles. The second-order valence-electron chi connectivity index (χ2n) is 5.98. The predicted molar refractivity (Wildman–Crippen MR) is 98.1 cm³/mol. The number of nitrogens with zero attached hydrogens (tertiary/aromatic N) is 2. The molecule has 25 heavy (non-hydrogen) atoms. The first kappa shape index (κ1) is 15.8. The van der Waals surface area contributed by atoms with E-state index in [9.17, 15) is 4.79 Å². The van der Waals surface area contributed by atoms with Gasteiger partial charge in [0, 0.05) is 29.1 Å². The number of amides is 1. The molecule has 126 valence electrons. The van der Waals surface area contributed by atoms with Crippen molar-refractivity contribution in [3.8, 4) is 5.75 Å². The molecular formula is C20H17ClN2O2. The lowest BCUT2D eigenvalue weighted by molar-refractivity contribution is -0.120. The van der Waals surface area contributed by atoms with Gasteiger partial charge in [-0.3, -0.25) is 4.79 Å². The fourth-order valence-electron chi connectivity index (χ4n) is 3.06. The van der Waals surface area contributed by atoms with Gasteiger partial charge in [0.15, 0.2) is 6.61 Å². The first-order chi connectivity index (χ1) is 12.2. The second kappa shape index (κ2) is 6.65. The van der Waals surface area contributed by atoms with Crippen LogP contribution >= 0.6 is 11.6 Å². The Balaban J connectivity index is 1.57. The Kier molecular flexibility index (Phi) is 4.20. The maximum Gasteiger partial charge on any atom is 0.265 e. The van der Waals surface area contributed by atoms with Crippen LogP contribution in [0.1, 0.15) is 11.3 Å². The minimum Gasteiger partial charge on any atom is -0.484 e. The lowest BCUT2D eigenvalue weighted by atomic mass is 10.1. The number of aromatic nitrogens is 1. The molecule has 2 heterocycles. The Bertz CT molecular complexity index is 902. The van der Waals surface area contributed by atoms with Crippen molar-refractivity contribution in [1.82, 2.24) is 4.57 Å². The molecule has 0 atom stereocenters. The molecule has 1 aliphatic rings. The van der Waals surface area contributed by atoms with Gasteiger partial charge in [0.25, 0.3) is 5.91 Å². The van der Waals surface area contributed by atoms with E-state index in [0.29, 0.717) is 17.3 Å². The van der Waals surface area contributed by atoms with E-state index in [4.69, 9.17) is 16.3 Å². The highest BCUT2D eigenvalue weighted by molar-refractivity contribution is 6.30. The molecule has 0 N–H and O–H groups in total. The summed E-state index contributed by atoms with van der Waals surface area (Å²) < 4.78 is 7.82. The number of para-hydroxylation sites is 1. The number of hydrogen-bond donors (Lipinski definition) is 0. The molecule has 1 aromatic heterocycles. The maximum atomic E-state index is 12.9. The van der Waals surface area contributed by atoms with Gasteiger partial charge in [0.05, 0.1) is 6.54 Å². The lowest BCUT2D eigenvalue weighted by Crippen LogP contribution is -2.34. The van der Waals surface area contributed by atoms with Crippen LogP contribution in [-0.2, 0) is 17.9 Å². The van der Waals surface area contributed by atoms with E-state index in [0.717, 1.165) is 23.5 Å². The van der Waals surface area contributed by atoms with E-state index in [1.54, 1.807) is 29.2 Å². The van der Waals surface area contributed by atoms with Crippen molar-refractivity contribution in [3.63, 3.8) is 0 Å². The number of carbonyl (C=O) groups excluding carboxylic acids is 1. The van der Waals surface area contributed by atoms with Crippen molar-refractivity contribution < 1.29 is 9.53 Å². The Labute approximate surface area is 151 Å². The summed E-state index contributed by atoms with van der Waals surface area (Å²) in [5.74, 6) is 0.557. The number of benzene rings is 2. The Morgan fingerprint density at radius 1 is 1.00 bits per heavy atom. The van der Waals surface area contributed by atoms with Gasteiger partial charge < -0.3 is 14.2 Å². The molecular weight excluding hydrogens is 336 g/mol. The van der Waals surface area contributed by atoms with Crippen molar-refractivity contribution in [2.45, 2.75) is 13.1 Å². The van der Waals surface area contributed by atoms with Crippen LogP contribution in [0.25, 0.3) is 0 Å². The lowest BCUT2D eigenvalue weighted by Gasteiger charge is -2.22. The highest BCUT2D eigenvalue weighted by Crippen LogP contribution is 2.28. The molecule has 3 aromatic rings. The van der Waals surface area contributed by atoms with Gasteiger partial charge in [-0.25, -0.2) is 0 Å².